The number of carbonyl (C=O) groups excluding carboxylic acids is 1. The first-order valence-corrected chi connectivity index (χ1v) is 8.19. The fourth-order valence-corrected chi connectivity index (χ4v) is 2.59. The molecule has 0 N–H and O–H groups in total. The third kappa shape index (κ3) is 4.58. The molecule has 180 valence electrons. The maximum Gasteiger partial charge on any atom is 0.459 e. The highest BCUT2D eigenvalue weighted by atomic mass is 19.4. The Hall–Kier alpha value is -1.44. The number of hydrogen-bond acceptors (Lipinski definition) is 2. The van der Waals surface area contributed by atoms with E-state index in [2.05, 4.69) is 4.74 Å². The van der Waals surface area contributed by atoms with Gasteiger partial charge in [0.05, 0.1) is 5.92 Å². The van der Waals surface area contributed by atoms with Crippen molar-refractivity contribution in [2.45, 2.75) is 64.0 Å². The van der Waals surface area contributed by atoms with E-state index in [0.717, 1.165) is 0 Å². The first kappa shape index (κ1) is 28.6. The minimum absolute atomic E-state index is 0.138. The zero-order chi connectivity index (χ0) is 24.6. The molecule has 30 heavy (non-hydrogen) atoms. The second kappa shape index (κ2) is 8.60. The highest BCUT2D eigenvalue weighted by Crippen LogP contribution is 2.65. The third-order valence-corrected chi connectivity index (χ3v) is 4.76. The van der Waals surface area contributed by atoms with Crippen molar-refractivity contribution in [2.24, 2.45) is 17.3 Å². The Labute approximate surface area is 161 Å². The lowest BCUT2D eigenvalue weighted by Crippen LogP contribution is -2.72. The maximum absolute atomic E-state index is 13.9. The fraction of sp³-hybridized carbons (Fsp3) is 0.933. The molecule has 0 fully saturated rings. The molecule has 15 heteroatoms. The highest BCUT2D eigenvalue weighted by molar-refractivity contribution is 5.72. The number of hydrogen-bond donors (Lipinski definition) is 0. The molecule has 0 aliphatic heterocycles. The summed E-state index contributed by atoms with van der Waals surface area (Å²) >= 11 is 0. The second-order valence-corrected chi connectivity index (χ2v) is 6.56. The van der Waals surface area contributed by atoms with E-state index in [0.29, 0.717) is 0 Å². The summed E-state index contributed by atoms with van der Waals surface area (Å²) in [5, 5.41) is 0. The van der Waals surface area contributed by atoms with Gasteiger partial charge in [0.25, 0.3) is 5.41 Å². The van der Waals surface area contributed by atoms with Crippen LogP contribution >= 0.6 is 0 Å². The summed E-state index contributed by atoms with van der Waals surface area (Å²) in [5.74, 6) is -19.6. The Morgan fingerprint density at radius 1 is 0.700 bits per heavy atom. The van der Waals surface area contributed by atoms with Crippen LogP contribution in [0.5, 0.6) is 0 Å². The van der Waals surface area contributed by atoms with Crippen molar-refractivity contribution >= 4 is 5.97 Å². The Morgan fingerprint density at radius 2 is 1.10 bits per heavy atom. The van der Waals surface area contributed by atoms with Gasteiger partial charge in [-0.25, -0.2) is 0 Å². The van der Waals surface area contributed by atoms with E-state index in [9.17, 15) is 61.9 Å². The summed E-state index contributed by atoms with van der Waals surface area (Å²) in [4.78, 5) is 11.8. The van der Waals surface area contributed by atoms with Gasteiger partial charge in [-0.2, -0.15) is 57.1 Å². The molecule has 2 unspecified atom stereocenters. The monoisotopic (exact) mass is 476 g/mol. The highest BCUT2D eigenvalue weighted by Gasteiger charge is 2.92. The molecule has 0 bridgehead atoms. The largest absolute Gasteiger partial charge is 0.464 e. The summed E-state index contributed by atoms with van der Waals surface area (Å²) in [6.07, 6.45) is -22.4. The van der Waals surface area contributed by atoms with Gasteiger partial charge in [-0.15, -0.1) is 0 Å². The fourth-order valence-electron chi connectivity index (χ4n) is 2.59. The molecule has 0 aromatic heterocycles. The van der Waals surface area contributed by atoms with Gasteiger partial charge in [-0.1, -0.05) is 27.2 Å². The Bertz CT molecular complexity index is 575. The smallest absolute Gasteiger partial charge is 0.459 e. The lowest BCUT2D eigenvalue weighted by Gasteiger charge is -2.44. The van der Waals surface area contributed by atoms with Gasteiger partial charge in [-0.3, -0.25) is 4.79 Å². The van der Waals surface area contributed by atoms with Gasteiger partial charge in [0, 0.05) is 0 Å². The van der Waals surface area contributed by atoms with Crippen LogP contribution in [0.2, 0.25) is 0 Å². The number of rotatable bonds is 8. The molecule has 0 aliphatic rings. The van der Waals surface area contributed by atoms with Crippen LogP contribution in [-0.2, 0) is 9.53 Å². The average molecular weight is 476 g/mol. The molecule has 2 atom stereocenters. The average Bonchev–Trinajstić information content (AvgIpc) is 2.51. The number of esters is 1. The Balaban J connectivity index is 6.63. The van der Waals surface area contributed by atoms with Gasteiger partial charge in [0.15, 0.2) is 0 Å². The van der Waals surface area contributed by atoms with Crippen molar-refractivity contribution in [3.63, 3.8) is 0 Å². The van der Waals surface area contributed by atoms with Crippen molar-refractivity contribution < 1.29 is 66.6 Å². The summed E-state index contributed by atoms with van der Waals surface area (Å²) in [6.45, 7) is 0.479. The summed E-state index contributed by atoms with van der Waals surface area (Å²) in [5.41, 5.74) is -7.03. The van der Waals surface area contributed by atoms with E-state index in [1.54, 1.807) is 0 Å². The quantitative estimate of drug-likeness (QED) is 0.294. The van der Waals surface area contributed by atoms with E-state index in [1.807, 2.05) is 0 Å². The lowest BCUT2D eigenvalue weighted by molar-refractivity contribution is -0.464. The van der Waals surface area contributed by atoms with Gasteiger partial charge in [-0.05, 0) is 12.3 Å². The van der Waals surface area contributed by atoms with Crippen LogP contribution in [0.3, 0.4) is 0 Å². The minimum atomic E-state index is -7.81. The molecule has 0 heterocycles. The number of alkyl halides is 13. The molecule has 0 rings (SSSR count). The standard InChI is InChI=1S/C15H17F13O2/c1-4-7(3)8(5-2)9(29)30-6-10(13(20,21)22,14(23,24)25)11(16,17)12(18,19)15(26,27)28/h7-8H,4-6H2,1-3H3. The van der Waals surface area contributed by atoms with Crippen molar-refractivity contribution in [1.82, 2.24) is 0 Å². The molecule has 0 aromatic rings. The van der Waals surface area contributed by atoms with Crippen LogP contribution in [0.25, 0.3) is 0 Å². The van der Waals surface area contributed by atoms with Gasteiger partial charge >= 0.3 is 36.3 Å². The van der Waals surface area contributed by atoms with Gasteiger partial charge < -0.3 is 4.74 Å². The van der Waals surface area contributed by atoms with Gasteiger partial charge in [0.1, 0.15) is 6.61 Å². The van der Waals surface area contributed by atoms with Crippen LogP contribution in [0.4, 0.5) is 57.1 Å². The predicted octanol–water partition coefficient (Wildman–Crippen LogP) is 6.55. The van der Waals surface area contributed by atoms with Crippen molar-refractivity contribution in [3.8, 4) is 0 Å². The molecule has 0 radical (unpaired) electrons. The zero-order valence-electron chi connectivity index (χ0n) is 15.5. The first-order chi connectivity index (χ1) is 13.1. The van der Waals surface area contributed by atoms with E-state index in [-0.39, 0.29) is 12.8 Å². The van der Waals surface area contributed by atoms with E-state index >= 15 is 0 Å². The van der Waals surface area contributed by atoms with Crippen LogP contribution in [0, 0.1) is 17.3 Å². The summed E-state index contributed by atoms with van der Waals surface area (Å²) in [6, 6.07) is 0. The topological polar surface area (TPSA) is 26.3 Å². The van der Waals surface area contributed by atoms with E-state index in [4.69, 9.17) is 0 Å². The van der Waals surface area contributed by atoms with E-state index < -0.39 is 60.2 Å². The van der Waals surface area contributed by atoms with Crippen LogP contribution in [-0.4, -0.2) is 43.0 Å². The molecular formula is C15H17F13O2. The predicted molar refractivity (Wildman–Crippen MR) is 74.7 cm³/mol. The molecule has 0 aliphatic carbocycles. The summed E-state index contributed by atoms with van der Waals surface area (Å²) < 4.78 is 174. The van der Waals surface area contributed by atoms with Crippen LogP contribution in [0.1, 0.15) is 33.6 Å². The normalized spacial score (nSPS) is 16.9. The third-order valence-electron chi connectivity index (χ3n) is 4.76. The van der Waals surface area contributed by atoms with Gasteiger partial charge in [0.2, 0.25) is 0 Å². The minimum Gasteiger partial charge on any atom is -0.464 e. The molecule has 0 spiro atoms. The number of ether oxygens (including phenoxy) is 1. The molecule has 0 amide bonds. The van der Waals surface area contributed by atoms with Crippen molar-refractivity contribution in [3.05, 3.63) is 0 Å². The Morgan fingerprint density at radius 3 is 1.37 bits per heavy atom. The van der Waals surface area contributed by atoms with E-state index in [1.165, 1.54) is 20.8 Å². The molecule has 0 aromatic carbocycles. The molecule has 0 saturated carbocycles. The lowest BCUT2D eigenvalue weighted by atomic mass is 9.76. The SMILES string of the molecule is CCC(C)C(CC)C(=O)OCC(C(F)(F)F)(C(F)(F)F)C(F)(F)C(F)(F)C(F)(F)F. The zero-order valence-corrected chi connectivity index (χ0v) is 15.5. The van der Waals surface area contributed by atoms with Crippen LogP contribution < -0.4 is 0 Å². The molecular weight excluding hydrogens is 459 g/mol. The summed E-state index contributed by atoms with van der Waals surface area (Å²) in [7, 11) is 0. The molecule has 2 nitrogen and oxygen atoms in total. The molecule has 0 saturated heterocycles. The second-order valence-electron chi connectivity index (χ2n) is 6.56. The Kier molecular flexibility index (Phi) is 8.18. The maximum atomic E-state index is 13.9. The first-order valence-electron chi connectivity index (χ1n) is 8.19. The number of carbonyl (C=O) groups is 1. The van der Waals surface area contributed by atoms with Crippen molar-refractivity contribution in [2.75, 3.05) is 6.61 Å². The van der Waals surface area contributed by atoms with Crippen molar-refractivity contribution in [1.29, 1.82) is 0 Å². The number of halogens is 13. The van der Waals surface area contributed by atoms with Crippen LogP contribution in [0.15, 0.2) is 0 Å².